The second-order valence-electron chi connectivity index (χ2n) is 3.27. The van der Waals surface area contributed by atoms with Gasteiger partial charge in [0.2, 0.25) is 0 Å². The molecular formula is C11H12S. The number of hydrogen-bond donors (Lipinski definition) is 0. The van der Waals surface area contributed by atoms with E-state index in [0.717, 1.165) is 5.75 Å². The summed E-state index contributed by atoms with van der Waals surface area (Å²) in [4.78, 5) is 1.48. The van der Waals surface area contributed by atoms with Crippen molar-refractivity contribution in [1.82, 2.24) is 0 Å². The van der Waals surface area contributed by atoms with Gasteiger partial charge in [-0.05, 0) is 25.0 Å². The highest BCUT2D eigenvalue weighted by Gasteiger charge is 2.16. The average molecular weight is 176 g/mol. The third-order valence-electron chi connectivity index (χ3n) is 2.09. The van der Waals surface area contributed by atoms with Crippen LogP contribution >= 0.6 is 11.8 Å². The Morgan fingerprint density at radius 2 is 2.00 bits per heavy atom. The molecule has 62 valence electrons. The molecule has 0 atom stereocenters. The van der Waals surface area contributed by atoms with Crippen molar-refractivity contribution in [3.05, 3.63) is 41.0 Å². The quantitative estimate of drug-likeness (QED) is 0.581. The fraction of sp³-hybridized carbons (Fsp3) is 0.273. The highest BCUT2D eigenvalue weighted by Crippen LogP contribution is 2.42. The number of benzene rings is 1. The van der Waals surface area contributed by atoms with Crippen molar-refractivity contribution in [3.63, 3.8) is 0 Å². The predicted octanol–water partition coefficient (Wildman–Crippen LogP) is 3.68. The monoisotopic (exact) mass is 176 g/mol. The average Bonchev–Trinajstić information content (AvgIpc) is 2.47. The van der Waals surface area contributed by atoms with E-state index in [-0.39, 0.29) is 0 Å². The van der Waals surface area contributed by atoms with Crippen LogP contribution in [0, 0.1) is 0 Å². The van der Waals surface area contributed by atoms with E-state index in [0.29, 0.717) is 0 Å². The van der Waals surface area contributed by atoms with Crippen LogP contribution in [-0.4, -0.2) is 0 Å². The van der Waals surface area contributed by atoms with Crippen LogP contribution in [0.4, 0.5) is 0 Å². The van der Waals surface area contributed by atoms with E-state index in [1.54, 1.807) is 0 Å². The first-order valence-electron chi connectivity index (χ1n) is 4.17. The highest BCUT2D eigenvalue weighted by atomic mass is 32.2. The summed E-state index contributed by atoms with van der Waals surface area (Å²) in [5.41, 5.74) is 4.37. The summed E-state index contributed by atoms with van der Waals surface area (Å²) in [5, 5.41) is 0. The summed E-state index contributed by atoms with van der Waals surface area (Å²) in [6.45, 7) is 4.37. The zero-order valence-electron chi connectivity index (χ0n) is 7.42. The summed E-state index contributed by atoms with van der Waals surface area (Å²) >= 11 is 1.96. The Bertz CT molecular complexity index is 333. The van der Waals surface area contributed by atoms with E-state index in [4.69, 9.17) is 0 Å². The van der Waals surface area contributed by atoms with Crippen molar-refractivity contribution < 1.29 is 0 Å². The van der Waals surface area contributed by atoms with Crippen LogP contribution in [0.2, 0.25) is 0 Å². The summed E-state index contributed by atoms with van der Waals surface area (Å²) in [5.74, 6) is 1.15. The minimum Gasteiger partial charge on any atom is -0.121 e. The van der Waals surface area contributed by atoms with Gasteiger partial charge in [0.25, 0.3) is 0 Å². The molecule has 0 saturated heterocycles. The Morgan fingerprint density at radius 1 is 1.25 bits per heavy atom. The van der Waals surface area contributed by atoms with Crippen LogP contribution in [0.3, 0.4) is 0 Å². The maximum Gasteiger partial charge on any atom is 0.0238 e. The molecule has 1 heterocycles. The Hall–Kier alpha value is -0.690. The Kier molecular flexibility index (Phi) is 1.97. The molecule has 0 aromatic heterocycles. The van der Waals surface area contributed by atoms with E-state index in [9.17, 15) is 0 Å². The van der Waals surface area contributed by atoms with Gasteiger partial charge in [-0.3, -0.25) is 0 Å². The van der Waals surface area contributed by atoms with E-state index >= 15 is 0 Å². The van der Waals surface area contributed by atoms with Crippen LogP contribution in [0.25, 0.3) is 4.91 Å². The molecule has 0 unspecified atom stereocenters. The molecule has 0 aliphatic carbocycles. The number of allylic oxidation sites excluding steroid dienone is 1. The minimum absolute atomic E-state index is 1.15. The zero-order chi connectivity index (χ0) is 8.55. The van der Waals surface area contributed by atoms with Crippen LogP contribution in [0.1, 0.15) is 25.0 Å². The van der Waals surface area contributed by atoms with Crippen molar-refractivity contribution in [2.45, 2.75) is 19.6 Å². The SMILES string of the molecule is CC(C)=C1SCc2ccccc21. The fourth-order valence-electron chi connectivity index (χ4n) is 1.51. The van der Waals surface area contributed by atoms with Crippen molar-refractivity contribution in [2.75, 3.05) is 0 Å². The lowest BCUT2D eigenvalue weighted by Crippen LogP contribution is -1.79. The molecule has 1 heteroatoms. The van der Waals surface area contributed by atoms with Gasteiger partial charge in [-0.15, -0.1) is 11.8 Å². The zero-order valence-corrected chi connectivity index (χ0v) is 8.24. The van der Waals surface area contributed by atoms with Gasteiger partial charge >= 0.3 is 0 Å². The summed E-state index contributed by atoms with van der Waals surface area (Å²) < 4.78 is 0. The van der Waals surface area contributed by atoms with Gasteiger partial charge in [0.15, 0.2) is 0 Å². The second kappa shape index (κ2) is 2.98. The first-order chi connectivity index (χ1) is 5.79. The molecule has 0 nitrogen and oxygen atoms in total. The third-order valence-corrected chi connectivity index (χ3v) is 3.46. The predicted molar refractivity (Wildman–Crippen MR) is 56.0 cm³/mol. The molecule has 0 saturated carbocycles. The molecule has 0 bridgehead atoms. The molecule has 1 aliphatic heterocycles. The van der Waals surface area contributed by atoms with Gasteiger partial charge < -0.3 is 0 Å². The van der Waals surface area contributed by atoms with Crippen LogP contribution in [0.15, 0.2) is 29.8 Å². The lowest BCUT2D eigenvalue weighted by atomic mass is 10.1. The number of thioether (sulfide) groups is 1. The lowest BCUT2D eigenvalue weighted by Gasteiger charge is -2.00. The topological polar surface area (TPSA) is 0 Å². The van der Waals surface area contributed by atoms with Gasteiger partial charge in [0, 0.05) is 10.7 Å². The van der Waals surface area contributed by atoms with Crippen molar-refractivity contribution in [2.24, 2.45) is 0 Å². The van der Waals surface area contributed by atoms with E-state index in [1.807, 2.05) is 11.8 Å². The first kappa shape index (κ1) is 7.93. The molecule has 0 radical (unpaired) electrons. The number of hydrogen-bond acceptors (Lipinski definition) is 1. The van der Waals surface area contributed by atoms with E-state index in [2.05, 4.69) is 38.1 Å². The Morgan fingerprint density at radius 3 is 2.75 bits per heavy atom. The molecule has 1 aromatic rings. The van der Waals surface area contributed by atoms with Gasteiger partial charge in [-0.25, -0.2) is 0 Å². The first-order valence-corrected chi connectivity index (χ1v) is 5.16. The molecule has 0 N–H and O–H groups in total. The van der Waals surface area contributed by atoms with Crippen LogP contribution in [-0.2, 0) is 5.75 Å². The smallest absolute Gasteiger partial charge is 0.0238 e. The number of fused-ring (bicyclic) bond motifs is 1. The van der Waals surface area contributed by atoms with Gasteiger partial charge in [0.1, 0.15) is 0 Å². The lowest BCUT2D eigenvalue weighted by molar-refractivity contribution is 1.39. The maximum atomic E-state index is 2.22. The van der Waals surface area contributed by atoms with Gasteiger partial charge in [-0.1, -0.05) is 29.8 Å². The summed E-state index contributed by atoms with van der Waals surface area (Å²) in [7, 11) is 0. The molecule has 0 amide bonds. The minimum atomic E-state index is 1.15. The number of rotatable bonds is 0. The Labute approximate surface area is 77.7 Å². The van der Waals surface area contributed by atoms with Gasteiger partial charge in [-0.2, -0.15) is 0 Å². The molecule has 12 heavy (non-hydrogen) atoms. The highest BCUT2D eigenvalue weighted by molar-refractivity contribution is 8.08. The third kappa shape index (κ3) is 1.18. The van der Waals surface area contributed by atoms with Crippen LogP contribution < -0.4 is 0 Å². The molecule has 2 rings (SSSR count). The second-order valence-corrected chi connectivity index (χ2v) is 4.26. The van der Waals surface area contributed by atoms with E-state index < -0.39 is 0 Å². The maximum absolute atomic E-state index is 2.22. The summed E-state index contributed by atoms with van der Waals surface area (Å²) in [6.07, 6.45) is 0. The largest absolute Gasteiger partial charge is 0.121 e. The molecular weight excluding hydrogens is 164 g/mol. The van der Waals surface area contributed by atoms with Crippen molar-refractivity contribution in [3.8, 4) is 0 Å². The van der Waals surface area contributed by atoms with Crippen molar-refractivity contribution in [1.29, 1.82) is 0 Å². The summed E-state index contributed by atoms with van der Waals surface area (Å²) in [6, 6.07) is 8.68. The molecule has 0 fully saturated rings. The molecule has 0 spiro atoms. The van der Waals surface area contributed by atoms with Crippen molar-refractivity contribution >= 4 is 16.7 Å². The normalized spacial score (nSPS) is 14.7. The van der Waals surface area contributed by atoms with Gasteiger partial charge in [0.05, 0.1) is 0 Å². The standard InChI is InChI=1S/C11H12S/c1-8(2)11-10-6-4-3-5-9(10)7-12-11/h3-6H,7H2,1-2H3. The van der Waals surface area contributed by atoms with Crippen LogP contribution in [0.5, 0.6) is 0 Å². The molecule has 1 aromatic carbocycles. The molecule has 1 aliphatic rings. The fourth-order valence-corrected chi connectivity index (χ4v) is 2.70. The Balaban J connectivity index is 2.57. The van der Waals surface area contributed by atoms with E-state index in [1.165, 1.54) is 21.6 Å².